The van der Waals surface area contributed by atoms with Gasteiger partial charge in [-0.1, -0.05) is 24.3 Å². The van der Waals surface area contributed by atoms with Crippen LogP contribution in [0.5, 0.6) is 0 Å². The first-order chi connectivity index (χ1) is 14.7. The van der Waals surface area contributed by atoms with Crippen molar-refractivity contribution < 1.29 is 9.53 Å². The molecule has 3 aliphatic heterocycles. The number of benzene rings is 2. The van der Waals surface area contributed by atoms with Crippen LogP contribution in [-0.4, -0.2) is 67.7 Å². The Bertz CT molecular complexity index is 884. The third-order valence-corrected chi connectivity index (χ3v) is 7.08. The first-order valence-electron chi connectivity index (χ1n) is 11.2. The summed E-state index contributed by atoms with van der Waals surface area (Å²) in [5, 5.41) is 0. The summed E-state index contributed by atoms with van der Waals surface area (Å²) in [7, 11) is 1.80. The van der Waals surface area contributed by atoms with Gasteiger partial charge >= 0.3 is 0 Å². The molecule has 2 fully saturated rings. The molecule has 0 unspecified atom stereocenters. The smallest absolute Gasteiger partial charge is 0.253 e. The van der Waals surface area contributed by atoms with Gasteiger partial charge in [0.15, 0.2) is 0 Å². The highest BCUT2D eigenvalue weighted by molar-refractivity contribution is 5.95. The van der Waals surface area contributed by atoms with Gasteiger partial charge in [-0.25, -0.2) is 0 Å². The quantitative estimate of drug-likeness (QED) is 0.783. The number of methoxy groups -OCH3 is 1. The SMILES string of the molecule is COC1CCN(c2ccc(C(=O)N3CC(N4CCc5ccccc5C4)C3)cc2)CC1. The second-order valence-corrected chi connectivity index (χ2v) is 8.82. The minimum atomic E-state index is 0.160. The molecule has 2 aromatic carbocycles. The maximum Gasteiger partial charge on any atom is 0.253 e. The van der Waals surface area contributed by atoms with E-state index in [9.17, 15) is 4.79 Å². The molecule has 0 aromatic heterocycles. The lowest BCUT2D eigenvalue weighted by atomic mass is 9.96. The van der Waals surface area contributed by atoms with Crippen LogP contribution in [0.15, 0.2) is 48.5 Å². The molecule has 1 amide bonds. The number of carbonyl (C=O) groups is 1. The van der Waals surface area contributed by atoms with Crippen LogP contribution in [-0.2, 0) is 17.7 Å². The predicted molar refractivity (Wildman–Crippen MR) is 119 cm³/mol. The van der Waals surface area contributed by atoms with Crippen molar-refractivity contribution in [1.29, 1.82) is 0 Å². The fraction of sp³-hybridized carbons (Fsp3) is 0.480. The maximum atomic E-state index is 12.9. The molecule has 5 heteroatoms. The van der Waals surface area contributed by atoms with E-state index in [0.29, 0.717) is 12.1 Å². The van der Waals surface area contributed by atoms with E-state index in [1.54, 1.807) is 7.11 Å². The van der Waals surface area contributed by atoms with Gasteiger partial charge in [0.25, 0.3) is 5.91 Å². The molecule has 0 spiro atoms. The summed E-state index contributed by atoms with van der Waals surface area (Å²) < 4.78 is 5.46. The fourth-order valence-corrected chi connectivity index (χ4v) is 5.03. The molecule has 0 atom stereocenters. The van der Waals surface area contributed by atoms with Crippen LogP contribution in [0.1, 0.15) is 34.3 Å². The van der Waals surface area contributed by atoms with Crippen LogP contribution >= 0.6 is 0 Å². The average molecular weight is 406 g/mol. The van der Waals surface area contributed by atoms with Crippen LogP contribution in [0.3, 0.4) is 0 Å². The van der Waals surface area contributed by atoms with E-state index in [-0.39, 0.29) is 5.91 Å². The first kappa shape index (κ1) is 19.6. The molecule has 0 aliphatic carbocycles. The molecule has 0 saturated carbocycles. The summed E-state index contributed by atoms with van der Waals surface area (Å²) in [6.07, 6.45) is 3.62. The Morgan fingerprint density at radius 3 is 2.33 bits per heavy atom. The maximum absolute atomic E-state index is 12.9. The van der Waals surface area contributed by atoms with E-state index in [4.69, 9.17) is 4.74 Å². The van der Waals surface area contributed by atoms with Gasteiger partial charge in [-0.05, 0) is 54.7 Å². The summed E-state index contributed by atoms with van der Waals surface area (Å²) in [6.45, 7) is 5.81. The molecule has 0 radical (unpaired) electrons. The van der Waals surface area contributed by atoms with Crippen molar-refractivity contribution in [2.45, 2.75) is 38.0 Å². The molecule has 0 bridgehead atoms. The van der Waals surface area contributed by atoms with Gasteiger partial charge in [0, 0.05) is 63.7 Å². The lowest BCUT2D eigenvalue weighted by molar-refractivity contribution is 0.0218. The molecule has 5 rings (SSSR count). The van der Waals surface area contributed by atoms with Crippen LogP contribution in [0.2, 0.25) is 0 Å². The first-order valence-corrected chi connectivity index (χ1v) is 11.2. The molecule has 5 nitrogen and oxygen atoms in total. The summed E-state index contributed by atoms with van der Waals surface area (Å²) in [4.78, 5) is 19.8. The zero-order valence-electron chi connectivity index (χ0n) is 17.8. The number of hydrogen-bond acceptors (Lipinski definition) is 4. The molecule has 2 saturated heterocycles. The Morgan fingerprint density at radius 2 is 1.63 bits per heavy atom. The topological polar surface area (TPSA) is 36.0 Å². The van der Waals surface area contributed by atoms with Crippen molar-refractivity contribution in [3.8, 4) is 0 Å². The van der Waals surface area contributed by atoms with Gasteiger partial charge < -0.3 is 14.5 Å². The summed E-state index contributed by atoms with van der Waals surface area (Å²) >= 11 is 0. The number of nitrogens with zero attached hydrogens (tertiary/aromatic N) is 3. The van der Waals surface area contributed by atoms with Crippen molar-refractivity contribution in [2.75, 3.05) is 44.7 Å². The highest BCUT2D eigenvalue weighted by Gasteiger charge is 2.36. The third kappa shape index (κ3) is 3.84. The van der Waals surface area contributed by atoms with E-state index < -0.39 is 0 Å². The normalized spacial score (nSPS) is 20.7. The van der Waals surface area contributed by atoms with Gasteiger partial charge in [0.05, 0.1) is 6.10 Å². The number of likely N-dealkylation sites (tertiary alicyclic amines) is 1. The molecule has 2 aromatic rings. The third-order valence-electron chi connectivity index (χ3n) is 7.08. The molecule has 3 heterocycles. The van der Waals surface area contributed by atoms with Gasteiger partial charge in [-0.15, -0.1) is 0 Å². The highest BCUT2D eigenvalue weighted by atomic mass is 16.5. The van der Waals surface area contributed by atoms with Gasteiger partial charge in [-0.2, -0.15) is 0 Å². The van der Waals surface area contributed by atoms with Crippen LogP contribution in [0.25, 0.3) is 0 Å². The van der Waals surface area contributed by atoms with E-state index in [1.807, 2.05) is 17.0 Å². The molecule has 0 N–H and O–H groups in total. The number of hydrogen-bond donors (Lipinski definition) is 0. The van der Waals surface area contributed by atoms with E-state index in [0.717, 1.165) is 64.1 Å². The highest BCUT2D eigenvalue weighted by Crippen LogP contribution is 2.26. The molecule has 158 valence electrons. The standard InChI is InChI=1S/C25H31N3O2/c1-30-24-11-14-26(15-12-24)22-8-6-20(7-9-22)25(29)28-17-23(18-28)27-13-10-19-4-2-3-5-21(19)16-27/h2-9,23-24H,10-18H2,1H3. The van der Waals surface area contributed by atoms with Crippen LogP contribution in [0, 0.1) is 0 Å². The molecule has 30 heavy (non-hydrogen) atoms. The number of ether oxygens (including phenoxy) is 1. The number of carbonyl (C=O) groups excluding carboxylic acids is 1. The monoisotopic (exact) mass is 405 g/mol. The van der Waals surface area contributed by atoms with Gasteiger partial charge in [-0.3, -0.25) is 9.69 Å². The average Bonchev–Trinajstić information content (AvgIpc) is 2.78. The number of fused-ring (bicyclic) bond motifs is 1. The van der Waals surface area contributed by atoms with Crippen molar-refractivity contribution in [3.05, 3.63) is 65.2 Å². The van der Waals surface area contributed by atoms with Crippen molar-refractivity contribution in [3.63, 3.8) is 0 Å². The Balaban J connectivity index is 1.14. The van der Waals surface area contributed by atoms with E-state index in [2.05, 4.69) is 46.2 Å². The Hall–Kier alpha value is -2.37. The minimum absolute atomic E-state index is 0.160. The number of amides is 1. The predicted octanol–water partition coefficient (Wildman–Crippen LogP) is 3.18. The van der Waals surface area contributed by atoms with Crippen molar-refractivity contribution in [2.24, 2.45) is 0 Å². The lowest BCUT2D eigenvalue weighted by Gasteiger charge is -2.47. The van der Waals surface area contributed by atoms with Crippen LogP contribution in [0.4, 0.5) is 5.69 Å². The summed E-state index contributed by atoms with van der Waals surface area (Å²) in [5.74, 6) is 0.160. The Labute approximate surface area is 179 Å². The number of piperidine rings is 1. The number of anilines is 1. The second-order valence-electron chi connectivity index (χ2n) is 8.82. The lowest BCUT2D eigenvalue weighted by Crippen LogP contribution is -2.61. The van der Waals surface area contributed by atoms with Crippen molar-refractivity contribution >= 4 is 11.6 Å². The van der Waals surface area contributed by atoms with E-state index >= 15 is 0 Å². The minimum Gasteiger partial charge on any atom is -0.381 e. The van der Waals surface area contributed by atoms with Gasteiger partial charge in [0.2, 0.25) is 0 Å². The van der Waals surface area contributed by atoms with Crippen LogP contribution < -0.4 is 4.90 Å². The summed E-state index contributed by atoms with van der Waals surface area (Å²) in [6, 6.07) is 17.4. The molecule has 3 aliphatic rings. The van der Waals surface area contributed by atoms with E-state index in [1.165, 1.54) is 16.8 Å². The second kappa shape index (κ2) is 8.40. The fourth-order valence-electron chi connectivity index (χ4n) is 5.03. The van der Waals surface area contributed by atoms with Gasteiger partial charge in [0.1, 0.15) is 0 Å². The molecular formula is C25H31N3O2. The summed E-state index contributed by atoms with van der Waals surface area (Å²) in [5.41, 5.74) is 4.92. The largest absolute Gasteiger partial charge is 0.381 e. The zero-order chi connectivity index (χ0) is 20.5. The number of rotatable bonds is 4. The van der Waals surface area contributed by atoms with Crippen molar-refractivity contribution in [1.82, 2.24) is 9.80 Å². The Morgan fingerprint density at radius 1 is 0.933 bits per heavy atom. The molecular weight excluding hydrogens is 374 g/mol. The zero-order valence-corrected chi connectivity index (χ0v) is 17.8. The Kier molecular flexibility index (Phi) is 5.48.